The summed E-state index contributed by atoms with van der Waals surface area (Å²) in [7, 11) is 0. The monoisotopic (exact) mass is 398 g/mol. The molecule has 150 valence electrons. The average Bonchev–Trinajstić information content (AvgIpc) is 3.53. The molecule has 2 amide bonds. The molecule has 0 radical (unpaired) electrons. The average molecular weight is 398 g/mol. The predicted molar refractivity (Wildman–Crippen MR) is 102 cm³/mol. The number of carbonyl (C=O) groups excluding carboxylic acids is 3. The van der Waals surface area contributed by atoms with Crippen LogP contribution in [-0.4, -0.2) is 43.4 Å². The van der Waals surface area contributed by atoms with Gasteiger partial charge in [0.1, 0.15) is 23.9 Å². The van der Waals surface area contributed by atoms with E-state index in [-0.39, 0.29) is 43.4 Å². The fraction of sp³-hybridized carbons (Fsp3) is 0.286. The van der Waals surface area contributed by atoms with Crippen LogP contribution in [0.4, 0.5) is 10.1 Å². The number of halogens is 1. The maximum atomic E-state index is 12.9. The third kappa shape index (κ3) is 4.53. The molecule has 0 atom stereocenters. The zero-order chi connectivity index (χ0) is 20.4. The summed E-state index contributed by atoms with van der Waals surface area (Å²) in [5.41, 5.74) is 0.691. The number of nitrogens with zero attached hydrogens (tertiary/aromatic N) is 1. The predicted octanol–water partition coefficient (Wildman–Crippen LogP) is 2.09. The third-order valence-electron chi connectivity index (χ3n) is 4.65. The van der Waals surface area contributed by atoms with E-state index in [1.54, 1.807) is 12.1 Å². The van der Waals surface area contributed by atoms with Crippen molar-refractivity contribution < 1.29 is 28.2 Å². The molecule has 1 aliphatic heterocycles. The number of hydrogen-bond donors (Lipinski definition) is 1. The van der Waals surface area contributed by atoms with Gasteiger partial charge in [0.2, 0.25) is 5.91 Å². The minimum atomic E-state index is -0.395. The van der Waals surface area contributed by atoms with Gasteiger partial charge in [0, 0.05) is 11.6 Å². The van der Waals surface area contributed by atoms with Crippen LogP contribution in [-0.2, 0) is 9.59 Å². The van der Waals surface area contributed by atoms with Crippen LogP contribution in [0.2, 0.25) is 0 Å². The van der Waals surface area contributed by atoms with Crippen molar-refractivity contribution in [2.75, 3.05) is 24.7 Å². The van der Waals surface area contributed by atoms with E-state index in [1.165, 1.54) is 35.2 Å². The molecule has 1 aliphatic carbocycles. The highest BCUT2D eigenvalue weighted by Gasteiger charge is 2.30. The Balaban J connectivity index is 1.47. The number of benzene rings is 2. The van der Waals surface area contributed by atoms with Crippen LogP contribution in [0.3, 0.4) is 0 Å². The van der Waals surface area contributed by atoms with Crippen LogP contribution in [0.1, 0.15) is 23.2 Å². The van der Waals surface area contributed by atoms with E-state index in [1.807, 2.05) is 0 Å². The van der Waals surface area contributed by atoms with Gasteiger partial charge in [0.25, 0.3) is 5.91 Å². The Hall–Kier alpha value is -3.42. The first kappa shape index (κ1) is 18.9. The van der Waals surface area contributed by atoms with E-state index >= 15 is 0 Å². The molecular formula is C21H19FN2O5. The number of fused-ring (bicyclic) bond motifs is 1. The fourth-order valence-corrected chi connectivity index (χ4v) is 2.96. The fourth-order valence-electron chi connectivity index (χ4n) is 2.96. The molecule has 2 aromatic carbocycles. The summed E-state index contributed by atoms with van der Waals surface area (Å²) < 4.78 is 23.8. The Bertz CT molecular complexity index is 956. The molecule has 1 N–H and O–H groups in total. The highest BCUT2D eigenvalue weighted by atomic mass is 19.1. The normalized spacial score (nSPS) is 15.3. The zero-order valence-corrected chi connectivity index (χ0v) is 15.5. The van der Waals surface area contributed by atoms with Crippen LogP contribution in [0.5, 0.6) is 11.5 Å². The van der Waals surface area contributed by atoms with Crippen LogP contribution >= 0.6 is 0 Å². The highest BCUT2D eigenvalue weighted by Crippen LogP contribution is 2.33. The molecule has 0 aromatic heterocycles. The Kier molecular flexibility index (Phi) is 5.16. The van der Waals surface area contributed by atoms with Crippen molar-refractivity contribution in [2.24, 2.45) is 0 Å². The summed E-state index contributed by atoms with van der Waals surface area (Å²) >= 11 is 0. The van der Waals surface area contributed by atoms with Gasteiger partial charge in [0.05, 0.1) is 5.69 Å². The van der Waals surface area contributed by atoms with Crippen molar-refractivity contribution in [1.82, 2.24) is 5.32 Å². The summed E-state index contributed by atoms with van der Waals surface area (Å²) in [6.45, 7) is -0.540. The van der Waals surface area contributed by atoms with E-state index in [9.17, 15) is 18.8 Å². The molecule has 0 unspecified atom stereocenters. The second-order valence-electron chi connectivity index (χ2n) is 6.96. The Morgan fingerprint density at radius 3 is 2.66 bits per heavy atom. The third-order valence-corrected chi connectivity index (χ3v) is 4.65. The number of nitrogens with one attached hydrogen (secondary N) is 1. The maximum Gasteiger partial charge on any atom is 0.265 e. The Morgan fingerprint density at radius 1 is 1.17 bits per heavy atom. The summed E-state index contributed by atoms with van der Waals surface area (Å²) in [6.07, 6.45) is 1.90. The van der Waals surface area contributed by atoms with E-state index in [4.69, 9.17) is 9.47 Å². The van der Waals surface area contributed by atoms with Crippen molar-refractivity contribution >= 4 is 23.3 Å². The molecule has 0 bridgehead atoms. The maximum absolute atomic E-state index is 12.9. The number of anilines is 1. The van der Waals surface area contributed by atoms with E-state index in [0.717, 1.165) is 12.8 Å². The molecule has 0 saturated heterocycles. The summed E-state index contributed by atoms with van der Waals surface area (Å²) in [6, 6.07) is 10.2. The van der Waals surface area contributed by atoms with Gasteiger partial charge in [0.15, 0.2) is 19.0 Å². The summed E-state index contributed by atoms with van der Waals surface area (Å²) in [5, 5.41) is 2.85. The second kappa shape index (κ2) is 7.90. The summed E-state index contributed by atoms with van der Waals surface area (Å²) in [5.74, 6) is -0.513. The van der Waals surface area contributed by atoms with Crippen LogP contribution in [0.15, 0.2) is 42.5 Å². The molecule has 1 saturated carbocycles. The van der Waals surface area contributed by atoms with Crippen LogP contribution < -0.4 is 19.7 Å². The SMILES string of the molecule is O=C(CN1C(=O)COc2ccc(C(=O)COc3ccc(F)cc3)cc21)NC1CC1. The van der Waals surface area contributed by atoms with Gasteiger partial charge in [-0.25, -0.2) is 4.39 Å². The topological polar surface area (TPSA) is 84.9 Å². The van der Waals surface area contributed by atoms with Crippen LogP contribution in [0, 0.1) is 5.82 Å². The molecule has 1 heterocycles. The van der Waals surface area contributed by atoms with Gasteiger partial charge in [-0.1, -0.05) is 0 Å². The van der Waals surface area contributed by atoms with Gasteiger partial charge in [-0.2, -0.15) is 0 Å². The molecule has 2 aromatic rings. The van der Waals surface area contributed by atoms with Gasteiger partial charge in [-0.3, -0.25) is 19.3 Å². The molecule has 4 rings (SSSR count). The quantitative estimate of drug-likeness (QED) is 0.722. The lowest BCUT2D eigenvalue weighted by molar-refractivity contribution is -0.125. The number of carbonyl (C=O) groups is 3. The van der Waals surface area contributed by atoms with Crippen LogP contribution in [0.25, 0.3) is 0 Å². The standard InChI is InChI=1S/C21H19FN2O5/c22-14-2-6-16(7-3-14)28-11-18(25)13-1-8-19-17(9-13)24(21(27)12-29-19)10-20(26)23-15-4-5-15/h1-3,6-9,15H,4-5,10-12H2,(H,23,26). The van der Waals surface area contributed by atoms with Gasteiger partial charge in [-0.05, 0) is 55.3 Å². The lowest BCUT2D eigenvalue weighted by Gasteiger charge is -2.29. The van der Waals surface area contributed by atoms with Crippen molar-refractivity contribution in [3.8, 4) is 11.5 Å². The van der Waals surface area contributed by atoms with Crippen molar-refractivity contribution in [2.45, 2.75) is 18.9 Å². The van der Waals surface area contributed by atoms with Crippen molar-refractivity contribution in [3.63, 3.8) is 0 Å². The number of ether oxygens (including phenoxy) is 2. The van der Waals surface area contributed by atoms with E-state index in [0.29, 0.717) is 22.7 Å². The molecule has 8 heteroatoms. The number of Topliss-reactive ketones (excluding diaryl/α,β-unsaturated/α-hetero) is 1. The number of ketones is 1. The molecule has 29 heavy (non-hydrogen) atoms. The van der Waals surface area contributed by atoms with Gasteiger partial charge >= 0.3 is 0 Å². The molecular weight excluding hydrogens is 379 g/mol. The molecule has 0 spiro atoms. The zero-order valence-electron chi connectivity index (χ0n) is 15.5. The Morgan fingerprint density at radius 2 is 1.93 bits per heavy atom. The highest BCUT2D eigenvalue weighted by molar-refractivity contribution is 6.04. The first-order valence-electron chi connectivity index (χ1n) is 9.28. The lowest BCUT2D eigenvalue weighted by atomic mass is 10.1. The number of amides is 2. The van der Waals surface area contributed by atoms with Crippen molar-refractivity contribution in [1.29, 1.82) is 0 Å². The Labute approximate surface area is 166 Å². The van der Waals surface area contributed by atoms with E-state index < -0.39 is 5.82 Å². The van der Waals surface area contributed by atoms with Gasteiger partial charge < -0.3 is 14.8 Å². The first-order valence-corrected chi connectivity index (χ1v) is 9.28. The molecule has 2 aliphatic rings. The van der Waals surface area contributed by atoms with Crippen molar-refractivity contribution in [3.05, 3.63) is 53.8 Å². The van der Waals surface area contributed by atoms with E-state index in [2.05, 4.69) is 5.32 Å². The number of rotatable bonds is 7. The number of hydrogen-bond acceptors (Lipinski definition) is 5. The largest absolute Gasteiger partial charge is 0.485 e. The minimum Gasteiger partial charge on any atom is -0.485 e. The first-order chi connectivity index (χ1) is 14.0. The lowest BCUT2D eigenvalue weighted by Crippen LogP contribution is -2.45. The molecule has 1 fully saturated rings. The smallest absolute Gasteiger partial charge is 0.265 e. The molecule has 7 nitrogen and oxygen atoms in total. The second-order valence-corrected chi connectivity index (χ2v) is 6.96. The van der Waals surface area contributed by atoms with Gasteiger partial charge in [-0.15, -0.1) is 0 Å². The summed E-state index contributed by atoms with van der Waals surface area (Å²) in [4.78, 5) is 38.3. The minimum absolute atomic E-state index is 0.130.